The van der Waals surface area contributed by atoms with E-state index in [0.717, 1.165) is 0 Å². The van der Waals surface area contributed by atoms with Gasteiger partial charge in [-0.2, -0.15) is 0 Å². The van der Waals surface area contributed by atoms with Crippen molar-refractivity contribution in [2.45, 2.75) is 25.7 Å². The molecular weight excluding hydrogens is 360 g/mol. The number of unbranched alkanes of at least 4 members (excludes halogenated alkanes) is 1. The lowest BCUT2D eigenvalue weighted by atomic mass is 10.0. The number of rotatable bonds is 7. The summed E-state index contributed by atoms with van der Waals surface area (Å²) in [6.07, 6.45) is 8.65. The summed E-state index contributed by atoms with van der Waals surface area (Å²) in [7, 11) is 0. The molecule has 30 heavy (non-hydrogen) atoms. The largest absolute Gasteiger partial charge is 0.0985 e. The lowest BCUT2D eigenvalue weighted by Gasteiger charge is -2.03. The summed E-state index contributed by atoms with van der Waals surface area (Å²) in [6.45, 7) is 7.55. The molecule has 0 radical (unpaired) electrons. The molecule has 0 fully saturated rings. The third-order valence-corrected chi connectivity index (χ3v) is 5.28. The standard InChI is InChI=1S/C18H20.C12H10/c1-2-16-12-14-18(15-13-16)11-7-6-10-17-8-4-3-5-9-17;1-2-10-7-5-8-11-6-3-4-9-12(10)11/h2-5,8-9,12-15H,1,6-7,10-11H2;2-9H,1H2. The second-order valence-electron chi connectivity index (χ2n) is 7.41. The van der Waals surface area contributed by atoms with Crippen molar-refractivity contribution in [2.75, 3.05) is 0 Å². The molecule has 0 aliphatic heterocycles. The maximum atomic E-state index is 3.78. The summed E-state index contributed by atoms with van der Waals surface area (Å²) in [6, 6.07) is 34.0. The minimum absolute atomic E-state index is 1.17. The summed E-state index contributed by atoms with van der Waals surface area (Å²) in [5.41, 5.74) is 5.27. The lowest BCUT2D eigenvalue weighted by molar-refractivity contribution is 0.734. The van der Waals surface area contributed by atoms with E-state index in [4.69, 9.17) is 0 Å². The molecule has 0 aromatic heterocycles. The molecule has 0 atom stereocenters. The zero-order chi connectivity index (χ0) is 21.0. The molecule has 0 saturated carbocycles. The molecule has 0 aliphatic carbocycles. The molecule has 0 unspecified atom stereocenters. The predicted octanol–water partition coefficient (Wildman–Crippen LogP) is 8.38. The van der Waals surface area contributed by atoms with Crippen LogP contribution in [0.1, 0.15) is 35.1 Å². The highest BCUT2D eigenvalue weighted by Gasteiger charge is 1.96. The molecule has 4 aromatic rings. The van der Waals surface area contributed by atoms with Crippen LogP contribution in [0, 0.1) is 0 Å². The van der Waals surface area contributed by atoms with Crippen molar-refractivity contribution >= 4 is 22.9 Å². The Morgan fingerprint density at radius 3 is 1.80 bits per heavy atom. The maximum absolute atomic E-state index is 3.78. The molecule has 4 aromatic carbocycles. The quantitative estimate of drug-likeness (QED) is 0.278. The van der Waals surface area contributed by atoms with E-state index in [2.05, 4.69) is 110 Å². The van der Waals surface area contributed by atoms with E-state index >= 15 is 0 Å². The molecular formula is C30H30. The Labute approximate surface area is 181 Å². The van der Waals surface area contributed by atoms with Gasteiger partial charge < -0.3 is 0 Å². The minimum atomic E-state index is 1.17. The van der Waals surface area contributed by atoms with E-state index in [1.165, 1.54) is 58.7 Å². The van der Waals surface area contributed by atoms with Crippen molar-refractivity contribution in [3.05, 3.63) is 132 Å². The number of fused-ring (bicyclic) bond motifs is 1. The highest BCUT2D eigenvalue weighted by atomic mass is 14.0. The molecule has 4 rings (SSSR count). The number of hydrogen-bond acceptors (Lipinski definition) is 0. The highest BCUT2D eigenvalue weighted by Crippen LogP contribution is 2.18. The molecule has 0 nitrogen and oxygen atoms in total. The second kappa shape index (κ2) is 11.6. The van der Waals surface area contributed by atoms with Crippen molar-refractivity contribution in [3.8, 4) is 0 Å². The average Bonchev–Trinajstić information content (AvgIpc) is 2.83. The van der Waals surface area contributed by atoms with Gasteiger partial charge in [0.2, 0.25) is 0 Å². The van der Waals surface area contributed by atoms with Gasteiger partial charge in [0.05, 0.1) is 0 Å². The van der Waals surface area contributed by atoms with Gasteiger partial charge in [0.1, 0.15) is 0 Å². The highest BCUT2D eigenvalue weighted by molar-refractivity contribution is 5.90. The first kappa shape index (κ1) is 21.3. The second-order valence-corrected chi connectivity index (χ2v) is 7.41. The third kappa shape index (κ3) is 6.32. The topological polar surface area (TPSA) is 0 Å². The van der Waals surface area contributed by atoms with Gasteiger partial charge in [-0.25, -0.2) is 0 Å². The predicted molar refractivity (Wildman–Crippen MR) is 134 cm³/mol. The van der Waals surface area contributed by atoms with Crippen LogP contribution in [-0.2, 0) is 12.8 Å². The van der Waals surface area contributed by atoms with Crippen LogP contribution in [0.4, 0.5) is 0 Å². The number of benzene rings is 4. The van der Waals surface area contributed by atoms with Crippen molar-refractivity contribution in [2.24, 2.45) is 0 Å². The Hall–Kier alpha value is -3.38. The van der Waals surface area contributed by atoms with Crippen LogP contribution in [0.25, 0.3) is 22.9 Å². The third-order valence-electron chi connectivity index (χ3n) is 5.28. The van der Waals surface area contributed by atoms with E-state index in [9.17, 15) is 0 Å². The van der Waals surface area contributed by atoms with Crippen molar-refractivity contribution in [1.29, 1.82) is 0 Å². The lowest BCUT2D eigenvalue weighted by Crippen LogP contribution is -1.89. The normalized spacial score (nSPS) is 10.1. The number of hydrogen-bond donors (Lipinski definition) is 0. The van der Waals surface area contributed by atoms with Crippen LogP contribution in [0.5, 0.6) is 0 Å². The van der Waals surface area contributed by atoms with Crippen molar-refractivity contribution in [3.63, 3.8) is 0 Å². The molecule has 0 N–H and O–H groups in total. The van der Waals surface area contributed by atoms with E-state index in [0.29, 0.717) is 0 Å². The Morgan fingerprint density at radius 1 is 0.533 bits per heavy atom. The first-order chi connectivity index (χ1) is 14.8. The SMILES string of the molecule is C=Cc1ccc(CCCCc2ccccc2)cc1.C=Cc1cccc2ccccc12. The van der Waals surface area contributed by atoms with Gasteiger partial charge >= 0.3 is 0 Å². The number of aryl methyl sites for hydroxylation is 2. The Kier molecular flexibility index (Phi) is 8.23. The van der Waals surface area contributed by atoms with Gasteiger partial charge in [0, 0.05) is 0 Å². The fourth-order valence-corrected chi connectivity index (χ4v) is 3.55. The molecule has 0 aliphatic rings. The molecule has 0 bridgehead atoms. The van der Waals surface area contributed by atoms with Gasteiger partial charge in [-0.05, 0) is 58.7 Å². The van der Waals surface area contributed by atoms with Crippen molar-refractivity contribution < 1.29 is 0 Å². The van der Waals surface area contributed by atoms with Crippen LogP contribution < -0.4 is 0 Å². The van der Waals surface area contributed by atoms with Crippen LogP contribution in [-0.4, -0.2) is 0 Å². The van der Waals surface area contributed by atoms with E-state index in [-0.39, 0.29) is 0 Å². The average molecular weight is 391 g/mol. The molecule has 0 heterocycles. The zero-order valence-electron chi connectivity index (χ0n) is 17.6. The van der Waals surface area contributed by atoms with Crippen LogP contribution in [0.2, 0.25) is 0 Å². The smallest absolute Gasteiger partial charge is 0.0112 e. The first-order valence-electron chi connectivity index (χ1n) is 10.7. The summed E-state index contributed by atoms with van der Waals surface area (Å²) >= 11 is 0. The fourth-order valence-electron chi connectivity index (χ4n) is 3.55. The Morgan fingerprint density at radius 2 is 1.13 bits per heavy atom. The van der Waals surface area contributed by atoms with E-state index < -0.39 is 0 Å². The van der Waals surface area contributed by atoms with Gasteiger partial charge in [0.15, 0.2) is 0 Å². The fraction of sp³-hybridized carbons (Fsp3) is 0.133. The molecule has 0 heteroatoms. The first-order valence-corrected chi connectivity index (χ1v) is 10.7. The summed E-state index contributed by atoms with van der Waals surface area (Å²) in [5.74, 6) is 0. The summed E-state index contributed by atoms with van der Waals surface area (Å²) in [5, 5.41) is 2.55. The monoisotopic (exact) mass is 390 g/mol. The molecule has 0 saturated heterocycles. The zero-order valence-corrected chi connectivity index (χ0v) is 17.6. The maximum Gasteiger partial charge on any atom is -0.0112 e. The van der Waals surface area contributed by atoms with Crippen molar-refractivity contribution in [1.82, 2.24) is 0 Å². The van der Waals surface area contributed by atoms with Gasteiger partial charge in [-0.1, -0.05) is 122 Å². The molecule has 0 amide bonds. The van der Waals surface area contributed by atoms with Gasteiger partial charge in [-0.3, -0.25) is 0 Å². The van der Waals surface area contributed by atoms with Crippen LogP contribution >= 0.6 is 0 Å². The summed E-state index contributed by atoms with van der Waals surface area (Å²) < 4.78 is 0. The Bertz CT molecular complexity index is 1050. The molecule has 150 valence electrons. The van der Waals surface area contributed by atoms with Crippen LogP contribution in [0.3, 0.4) is 0 Å². The van der Waals surface area contributed by atoms with Gasteiger partial charge in [0.25, 0.3) is 0 Å². The van der Waals surface area contributed by atoms with E-state index in [1.807, 2.05) is 12.2 Å². The summed E-state index contributed by atoms with van der Waals surface area (Å²) in [4.78, 5) is 0. The van der Waals surface area contributed by atoms with Crippen LogP contribution in [0.15, 0.2) is 110 Å². The minimum Gasteiger partial charge on any atom is -0.0985 e. The Balaban J connectivity index is 0.000000184. The van der Waals surface area contributed by atoms with Gasteiger partial charge in [-0.15, -0.1) is 0 Å². The molecule has 0 spiro atoms. The van der Waals surface area contributed by atoms with E-state index in [1.54, 1.807) is 0 Å².